The van der Waals surface area contributed by atoms with Gasteiger partial charge in [0, 0.05) is 0 Å². The van der Waals surface area contributed by atoms with E-state index in [1.54, 1.807) is 5.32 Å². The van der Waals surface area contributed by atoms with E-state index in [4.69, 9.17) is 4.55 Å². The Bertz CT molecular complexity index is 237. The normalized spacial score (nSPS) is 9.17. The Labute approximate surface area is 68.7 Å². The van der Waals surface area contributed by atoms with E-state index < -0.39 is 22.2 Å². The molecule has 0 fully saturated rings. The van der Waals surface area contributed by atoms with Crippen LogP contribution in [0.15, 0.2) is 0 Å². The minimum atomic E-state index is -3.67. The first-order valence-electron chi connectivity index (χ1n) is 2.41. The molecule has 0 unspecified atom stereocenters. The highest BCUT2D eigenvalue weighted by Gasteiger charge is 1.92. The number of hydrogen-bond acceptors (Lipinski definition) is 4. The maximum absolute atomic E-state index is 9.62. The minimum Gasteiger partial charge on any atom is -0.351 e. The first kappa shape index (κ1) is 13.3. The third-order valence-electron chi connectivity index (χ3n) is 0.246. The molecule has 0 spiro atoms. The molecule has 0 heterocycles. The Morgan fingerprint density at radius 1 is 1.25 bits per heavy atom. The molecule has 4 amide bonds. The van der Waals surface area contributed by atoms with Crippen LogP contribution in [0, 0.1) is 0 Å². The van der Waals surface area contributed by atoms with Crippen LogP contribution in [0.5, 0.6) is 0 Å². The average molecular weight is 199 g/mol. The Balaban J connectivity index is 0. The molecule has 0 atom stereocenters. The molecule has 0 aromatic heterocycles. The van der Waals surface area contributed by atoms with Gasteiger partial charge in [-0.15, -0.1) is 0 Å². The standard InChI is InChI=1S/C2H5N3O2.CH4O3S/c3-1(6)5-2(4)7;1-5(2,3)4/h(H5,3,4,5,6,7);1H3,(H,2,3,4). The van der Waals surface area contributed by atoms with Gasteiger partial charge in [-0.25, -0.2) is 9.59 Å². The topological polar surface area (TPSA) is 153 Å². The van der Waals surface area contributed by atoms with E-state index in [9.17, 15) is 18.0 Å². The van der Waals surface area contributed by atoms with E-state index in [1.165, 1.54) is 0 Å². The lowest BCUT2D eigenvalue weighted by atomic mass is 10.9. The molecule has 0 radical (unpaired) electrons. The van der Waals surface area contributed by atoms with Crippen LogP contribution >= 0.6 is 0 Å². The fourth-order valence-electron chi connectivity index (χ4n) is 0.121. The van der Waals surface area contributed by atoms with E-state index in [0.717, 1.165) is 0 Å². The van der Waals surface area contributed by atoms with Crippen LogP contribution in [0.2, 0.25) is 0 Å². The fourth-order valence-corrected chi connectivity index (χ4v) is 0.121. The van der Waals surface area contributed by atoms with Crippen molar-refractivity contribution in [1.82, 2.24) is 5.32 Å². The lowest BCUT2D eigenvalue weighted by Crippen LogP contribution is -2.38. The van der Waals surface area contributed by atoms with Crippen molar-refractivity contribution in [2.75, 3.05) is 6.26 Å². The monoisotopic (exact) mass is 199 g/mol. The summed E-state index contributed by atoms with van der Waals surface area (Å²) in [6.45, 7) is 0. The van der Waals surface area contributed by atoms with Crippen molar-refractivity contribution in [1.29, 1.82) is 0 Å². The first-order chi connectivity index (χ1) is 5.13. The number of rotatable bonds is 0. The summed E-state index contributed by atoms with van der Waals surface area (Å²) in [4.78, 5) is 19.2. The van der Waals surface area contributed by atoms with Crippen molar-refractivity contribution in [2.24, 2.45) is 11.5 Å². The van der Waals surface area contributed by atoms with Crippen LogP contribution in [0.3, 0.4) is 0 Å². The number of amides is 4. The van der Waals surface area contributed by atoms with Gasteiger partial charge in [-0.05, 0) is 0 Å². The largest absolute Gasteiger partial charge is 0.351 e. The van der Waals surface area contributed by atoms with Gasteiger partial charge in [0.25, 0.3) is 10.1 Å². The lowest BCUT2D eigenvalue weighted by Gasteiger charge is -1.88. The molecule has 0 aliphatic heterocycles. The zero-order valence-electron chi connectivity index (χ0n) is 6.14. The first-order valence-corrected chi connectivity index (χ1v) is 4.26. The van der Waals surface area contributed by atoms with Gasteiger partial charge in [0.2, 0.25) is 0 Å². The molecule has 72 valence electrons. The molecule has 0 bridgehead atoms. The Kier molecular flexibility index (Phi) is 5.88. The third-order valence-corrected chi connectivity index (χ3v) is 0.246. The quantitative estimate of drug-likeness (QED) is 0.340. The number of carbonyl (C=O) groups is 2. The molecule has 9 heteroatoms. The Morgan fingerprint density at radius 3 is 1.42 bits per heavy atom. The SMILES string of the molecule is CS(=O)(=O)O.NC(=O)NC(N)=O. The van der Waals surface area contributed by atoms with Gasteiger partial charge in [-0.1, -0.05) is 0 Å². The highest BCUT2D eigenvalue weighted by molar-refractivity contribution is 7.85. The molecule has 0 aromatic carbocycles. The molecule has 0 saturated carbocycles. The molecule has 8 nitrogen and oxygen atoms in total. The van der Waals surface area contributed by atoms with Crippen molar-refractivity contribution in [2.45, 2.75) is 0 Å². The molecular weight excluding hydrogens is 190 g/mol. The molecule has 0 aromatic rings. The van der Waals surface area contributed by atoms with Crippen molar-refractivity contribution in [3.8, 4) is 0 Å². The molecule has 0 aliphatic carbocycles. The zero-order valence-corrected chi connectivity index (χ0v) is 6.96. The Hall–Kier alpha value is -1.35. The summed E-state index contributed by atoms with van der Waals surface area (Å²) >= 11 is 0. The van der Waals surface area contributed by atoms with Gasteiger partial charge in [0.15, 0.2) is 0 Å². The van der Waals surface area contributed by atoms with Crippen LogP contribution in [0.25, 0.3) is 0 Å². The van der Waals surface area contributed by atoms with Crippen LogP contribution in [-0.2, 0) is 10.1 Å². The summed E-state index contributed by atoms with van der Waals surface area (Å²) in [7, 11) is -3.67. The Morgan fingerprint density at radius 2 is 1.42 bits per heavy atom. The van der Waals surface area contributed by atoms with Crippen LogP contribution in [-0.4, -0.2) is 31.3 Å². The van der Waals surface area contributed by atoms with Crippen molar-refractivity contribution in [3.63, 3.8) is 0 Å². The van der Waals surface area contributed by atoms with E-state index in [2.05, 4.69) is 11.5 Å². The highest BCUT2D eigenvalue weighted by Crippen LogP contribution is 1.60. The smallest absolute Gasteiger partial charge is 0.320 e. The second-order valence-electron chi connectivity index (χ2n) is 1.59. The van der Waals surface area contributed by atoms with E-state index in [0.29, 0.717) is 6.26 Å². The van der Waals surface area contributed by atoms with Crippen LogP contribution in [0.1, 0.15) is 0 Å². The molecular formula is C3H9N3O5S. The number of nitrogens with two attached hydrogens (primary N) is 2. The molecule has 12 heavy (non-hydrogen) atoms. The molecule has 0 saturated heterocycles. The van der Waals surface area contributed by atoms with Crippen molar-refractivity contribution >= 4 is 22.2 Å². The predicted molar refractivity (Wildman–Crippen MR) is 39.8 cm³/mol. The number of primary amides is 2. The number of urea groups is 2. The summed E-state index contributed by atoms with van der Waals surface area (Å²) in [6, 6.07) is -1.88. The van der Waals surface area contributed by atoms with Gasteiger partial charge in [0.1, 0.15) is 0 Å². The average Bonchev–Trinajstić information content (AvgIpc) is 1.52. The lowest BCUT2D eigenvalue weighted by molar-refractivity contribution is 0.236. The summed E-state index contributed by atoms with van der Waals surface area (Å²) in [6.07, 6.45) is 0.715. The van der Waals surface area contributed by atoms with Crippen LogP contribution in [0.4, 0.5) is 9.59 Å². The maximum Gasteiger partial charge on any atom is 0.320 e. The number of nitrogens with one attached hydrogen (secondary N) is 1. The van der Waals surface area contributed by atoms with Gasteiger partial charge in [-0.3, -0.25) is 9.87 Å². The van der Waals surface area contributed by atoms with E-state index in [-0.39, 0.29) is 0 Å². The van der Waals surface area contributed by atoms with Crippen LogP contribution < -0.4 is 16.8 Å². The van der Waals surface area contributed by atoms with Gasteiger partial charge < -0.3 is 11.5 Å². The zero-order chi connectivity index (χ0) is 10.4. The van der Waals surface area contributed by atoms with Gasteiger partial charge in [-0.2, -0.15) is 8.42 Å². The van der Waals surface area contributed by atoms with Crippen molar-refractivity contribution < 1.29 is 22.6 Å². The molecule has 0 aliphatic rings. The van der Waals surface area contributed by atoms with E-state index >= 15 is 0 Å². The predicted octanol–water partition coefficient (Wildman–Crippen LogP) is -1.76. The molecule has 6 N–H and O–H groups in total. The van der Waals surface area contributed by atoms with Crippen molar-refractivity contribution in [3.05, 3.63) is 0 Å². The van der Waals surface area contributed by atoms with Gasteiger partial charge >= 0.3 is 12.1 Å². The number of carbonyl (C=O) groups excluding carboxylic acids is 2. The number of imide groups is 1. The number of hydrogen-bond donors (Lipinski definition) is 4. The summed E-state index contributed by atoms with van der Waals surface area (Å²) < 4.78 is 25.9. The second-order valence-corrected chi connectivity index (χ2v) is 3.05. The molecule has 0 rings (SSSR count). The summed E-state index contributed by atoms with van der Waals surface area (Å²) in [5, 5.41) is 1.58. The van der Waals surface area contributed by atoms with E-state index in [1.807, 2.05) is 0 Å². The fraction of sp³-hybridized carbons (Fsp3) is 0.333. The highest BCUT2D eigenvalue weighted by atomic mass is 32.2. The maximum atomic E-state index is 9.62. The summed E-state index contributed by atoms with van der Waals surface area (Å²) in [5.41, 5.74) is 8.88. The third kappa shape index (κ3) is 72.1. The summed E-state index contributed by atoms with van der Waals surface area (Å²) in [5.74, 6) is 0. The second kappa shape index (κ2) is 5.32. The minimum absolute atomic E-state index is 0.715. The van der Waals surface area contributed by atoms with Gasteiger partial charge in [0.05, 0.1) is 6.26 Å².